The fraction of sp³-hybridized carbons (Fsp3) is 0.556. The fourth-order valence-corrected chi connectivity index (χ4v) is 3.37. The van der Waals surface area contributed by atoms with E-state index in [-0.39, 0.29) is 19.1 Å². The molecule has 1 N–H and O–H groups in total. The van der Waals surface area contributed by atoms with Crippen LogP contribution < -0.4 is 0 Å². The van der Waals surface area contributed by atoms with E-state index in [0.29, 0.717) is 25.8 Å². The highest BCUT2D eigenvalue weighted by Gasteiger charge is 2.43. The first kappa shape index (κ1) is 17.5. The summed E-state index contributed by atoms with van der Waals surface area (Å²) in [5, 5.41) is 9.58. The van der Waals surface area contributed by atoms with Gasteiger partial charge in [-0.2, -0.15) is 0 Å². The van der Waals surface area contributed by atoms with Crippen molar-refractivity contribution in [3.8, 4) is 0 Å². The lowest BCUT2D eigenvalue weighted by atomic mass is 9.80. The molecule has 1 amide bonds. The van der Waals surface area contributed by atoms with Gasteiger partial charge in [-0.05, 0) is 43.4 Å². The summed E-state index contributed by atoms with van der Waals surface area (Å²) in [6.45, 7) is 4.97. The molecule has 0 bridgehead atoms. The van der Waals surface area contributed by atoms with Crippen LogP contribution in [0.5, 0.6) is 0 Å². The van der Waals surface area contributed by atoms with Crippen molar-refractivity contribution in [3.63, 3.8) is 0 Å². The quantitative estimate of drug-likeness (QED) is 0.903. The third-order valence-corrected chi connectivity index (χ3v) is 4.78. The molecule has 5 nitrogen and oxygen atoms in total. The third-order valence-electron chi connectivity index (χ3n) is 4.78. The van der Waals surface area contributed by atoms with Gasteiger partial charge in [0, 0.05) is 20.2 Å². The largest absolute Gasteiger partial charge is 0.481 e. The number of methoxy groups -OCH3 is 1. The van der Waals surface area contributed by atoms with E-state index < -0.39 is 11.4 Å². The van der Waals surface area contributed by atoms with Crippen molar-refractivity contribution in [2.75, 3.05) is 26.8 Å². The highest BCUT2D eigenvalue weighted by molar-refractivity contribution is 5.82. The number of aryl methyl sites for hydroxylation is 2. The van der Waals surface area contributed by atoms with Crippen LogP contribution in [0.2, 0.25) is 0 Å². The molecule has 1 aromatic carbocycles. The Morgan fingerprint density at radius 3 is 2.52 bits per heavy atom. The van der Waals surface area contributed by atoms with Gasteiger partial charge in [0.1, 0.15) is 5.41 Å². The first-order chi connectivity index (χ1) is 10.9. The van der Waals surface area contributed by atoms with Crippen molar-refractivity contribution in [2.24, 2.45) is 5.41 Å². The maximum absolute atomic E-state index is 12.7. The minimum absolute atomic E-state index is 0.0103. The average Bonchev–Trinajstić information content (AvgIpc) is 2.51. The van der Waals surface area contributed by atoms with Gasteiger partial charge in [0.25, 0.3) is 0 Å². The second kappa shape index (κ2) is 7.13. The highest BCUT2D eigenvalue weighted by atomic mass is 16.5. The molecule has 23 heavy (non-hydrogen) atoms. The van der Waals surface area contributed by atoms with Gasteiger partial charge in [0.2, 0.25) is 5.91 Å². The van der Waals surface area contributed by atoms with Gasteiger partial charge in [-0.25, -0.2) is 0 Å². The number of carbonyl (C=O) groups is 2. The number of ether oxygens (including phenoxy) is 1. The molecular formula is C18H25NO4. The van der Waals surface area contributed by atoms with E-state index >= 15 is 0 Å². The predicted octanol–water partition coefficient (Wildman–Crippen LogP) is 2.19. The number of piperidine rings is 1. The van der Waals surface area contributed by atoms with Gasteiger partial charge in [0.05, 0.1) is 13.0 Å². The second-order valence-electron chi connectivity index (χ2n) is 6.48. The zero-order valence-electron chi connectivity index (χ0n) is 14.1. The van der Waals surface area contributed by atoms with Crippen LogP contribution in [0.1, 0.15) is 29.5 Å². The Hall–Kier alpha value is -1.88. The number of benzene rings is 1. The van der Waals surface area contributed by atoms with Crippen molar-refractivity contribution >= 4 is 11.9 Å². The third kappa shape index (κ3) is 3.72. The van der Waals surface area contributed by atoms with Gasteiger partial charge in [-0.15, -0.1) is 0 Å². The van der Waals surface area contributed by atoms with E-state index in [1.54, 1.807) is 4.90 Å². The van der Waals surface area contributed by atoms with Gasteiger partial charge in [0.15, 0.2) is 0 Å². The summed E-state index contributed by atoms with van der Waals surface area (Å²) in [7, 11) is 1.50. The Balaban J connectivity index is 2.15. The molecule has 1 aliphatic heterocycles. The molecule has 126 valence electrons. The van der Waals surface area contributed by atoms with Gasteiger partial charge in [-0.1, -0.05) is 18.2 Å². The van der Waals surface area contributed by atoms with E-state index in [1.165, 1.54) is 7.11 Å². The van der Waals surface area contributed by atoms with Crippen LogP contribution >= 0.6 is 0 Å². The smallest absolute Gasteiger partial charge is 0.313 e. The van der Waals surface area contributed by atoms with Crippen LogP contribution in [0.3, 0.4) is 0 Å². The molecule has 1 saturated heterocycles. The van der Waals surface area contributed by atoms with Crippen LogP contribution in [0.25, 0.3) is 0 Å². The molecule has 1 aliphatic rings. The number of carbonyl (C=O) groups excluding carboxylic acids is 1. The molecule has 5 heteroatoms. The SMILES string of the molecule is COCC1(C(=O)O)CCCN(C(=O)Cc2c(C)cccc2C)C1. The molecule has 0 aromatic heterocycles. The predicted molar refractivity (Wildman–Crippen MR) is 87.4 cm³/mol. The molecule has 0 aliphatic carbocycles. The number of amides is 1. The van der Waals surface area contributed by atoms with Crippen LogP contribution in [-0.4, -0.2) is 48.7 Å². The number of hydrogen-bond acceptors (Lipinski definition) is 3. The Morgan fingerprint density at radius 2 is 1.96 bits per heavy atom. The number of nitrogens with zero attached hydrogens (tertiary/aromatic N) is 1. The van der Waals surface area contributed by atoms with E-state index in [2.05, 4.69) is 0 Å². The van der Waals surface area contributed by atoms with Crippen molar-refractivity contribution < 1.29 is 19.4 Å². The average molecular weight is 319 g/mol. The van der Waals surface area contributed by atoms with Gasteiger partial charge in [-0.3, -0.25) is 9.59 Å². The minimum Gasteiger partial charge on any atom is -0.481 e. The Morgan fingerprint density at radius 1 is 1.30 bits per heavy atom. The minimum atomic E-state index is -0.983. The second-order valence-corrected chi connectivity index (χ2v) is 6.48. The number of rotatable bonds is 5. The topological polar surface area (TPSA) is 66.8 Å². The summed E-state index contributed by atoms with van der Waals surface area (Å²) in [6, 6.07) is 5.98. The Kier molecular flexibility index (Phi) is 5.42. The summed E-state index contributed by atoms with van der Waals surface area (Å²) in [6.07, 6.45) is 1.55. The summed E-state index contributed by atoms with van der Waals surface area (Å²) in [4.78, 5) is 26.0. The van der Waals surface area contributed by atoms with E-state index in [1.807, 2.05) is 32.0 Å². The Bertz CT molecular complexity index is 574. The molecule has 1 aromatic rings. The number of aliphatic carboxylic acids is 1. The first-order valence-corrected chi connectivity index (χ1v) is 7.95. The maximum Gasteiger partial charge on any atom is 0.313 e. The molecular weight excluding hydrogens is 294 g/mol. The molecule has 1 unspecified atom stereocenters. The fourth-order valence-electron chi connectivity index (χ4n) is 3.37. The molecule has 0 spiro atoms. The summed E-state index contributed by atoms with van der Waals surface area (Å²) < 4.78 is 5.11. The Labute approximate surface area is 137 Å². The van der Waals surface area contributed by atoms with Crippen LogP contribution in [-0.2, 0) is 20.7 Å². The zero-order chi connectivity index (χ0) is 17.0. The molecule has 2 rings (SSSR count). The van der Waals surface area contributed by atoms with Crippen LogP contribution in [0.15, 0.2) is 18.2 Å². The summed E-state index contributed by atoms with van der Waals surface area (Å²) in [5.41, 5.74) is 2.24. The van der Waals surface area contributed by atoms with E-state index in [0.717, 1.165) is 16.7 Å². The standard InChI is InChI=1S/C18H25NO4/c1-13-6-4-7-14(2)15(13)10-16(20)19-9-5-8-18(11-19,12-23-3)17(21)22/h4,6-7H,5,8-12H2,1-3H3,(H,21,22). The molecule has 1 atom stereocenters. The van der Waals surface area contributed by atoms with Gasteiger partial charge >= 0.3 is 5.97 Å². The summed E-state index contributed by atoms with van der Waals surface area (Å²) in [5.74, 6) is -0.896. The van der Waals surface area contributed by atoms with Crippen molar-refractivity contribution in [1.82, 2.24) is 4.90 Å². The molecule has 0 radical (unpaired) electrons. The maximum atomic E-state index is 12.7. The first-order valence-electron chi connectivity index (χ1n) is 7.95. The lowest BCUT2D eigenvalue weighted by Gasteiger charge is -2.39. The molecule has 1 heterocycles. The monoisotopic (exact) mass is 319 g/mol. The number of hydrogen-bond donors (Lipinski definition) is 1. The van der Waals surface area contributed by atoms with Crippen LogP contribution in [0.4, 0.5) is 0 Å². The van der Waals surface area contributed by atoms with E-state index in [9.17, 15) is 14.7 Å². The van der Waals surface area contributed by atoms with Gasteiger partial charge < -0.3 is 14.7 Å². The lowest BCUT2D eigenvalue weighted by molar-refractivity contribution is -0.159. The highest BCUT2D eigenvalue weighted by Crippen LogP contribution is 2.31. The zero-order valence-corrected chi connectivity index (χ0v) is 14.1. The van der Waals surface area contributed by atoms with Crippen molar-refractivity contribution in [1.29, 1.82) is 0 Å². The number of likely N-dealkylation sites (tertiary alicyclic amines) is 1. The lowest BCUT2D eigenvalue weighted by Crippen LogP contribution is -2.52. The summed E-state index contributed by atoms with van der Waals surface area (Å²) >= 11 is 0. The number of carboxylic acids is 1. The van der Waals surface area contributed by atoms with Crippen molar-refractivity contribution in [2.45, 2.75) is 33.1 Å². The van der Waals surface area contributed by atoms with E-state index in [4.69, 9.17) is 4.74 Å². The molecule has 1 fully saturated rings. The normalized spacial score (nSPS) is 21.3. The molecule has 0 saturated carbocycles. The van der Waals surface area contributed by atoms with Crippen molar-refractivity contribution in [3.05, 3.63) is 34.9 Å². The number of carboxylic acid groups (broad SMARTS) is 1. The van der Waals surface area contributed by atoms with Crippen LogP contribution in [0, 0.1) is 19.3 Å².